The van der Waals surface area contributed by atoms with Gasteiger partial charge in [-0.1, -0.05) is 645 Å². The van der Waals surface area contributed by atoms with Gasteiger partial charge in [-0.25, -0.2) is 0 Å². The number of nitriles is 2. The maximum atomic E-state index is 11.4. The fraction of sp³-hybridized carbons (Fsp3) is 0.824. The van der Waals surface area contributed by atoms with Crippen molar-refractivity contribution in [3.63, 3.8) is 0 Å². The predicted octanol–water partition coefficient (Wildman–Crippen LogP) is 47.4. The maximum absolute atomic E-state index is 11.4. The minimum atomic E-state index is 0.496. The molecule has 0 bridgehead atoms. The van der Waals surface area contributed by atoms with E-state index in [1.54, 1.807) is 0 Å². The monoisotopic (exact) mass is 1970 g/mol. The Morgan fingerprint density at radius 3 is 0.423 bits per heavy atom. The van der Waals surface area contributed by atoms with Crippen molar-refractivity contribution < 1.29 is 18.9 Å². The molecule has 3 rings (SSSR count). The van der Waals surface area contributed by atoms with Gasteiger partial charge in [0.25, 0.3) is 0 Å². The second-order valence-corrected chi connectivity index (χ2v) is 45.7. The number of rotatable bonds is 112. The van der Waals surface area contributed by atoms with Crippen LogP contribution in [0.5, 0.6) is 23.0 Å². The Morgan fingerprint density at radius 2 is 0.303 bits per heavy atom. The topological polar surface area (TPSA) is 84.5 Å². The van der Waals surface area contributed by atoms with Crippen LogP contribution >= 0.6 is 0 Å². The number of benzene rings is 3. The minimum absolute atomic E-state index is 0.496. The van der Waals surface area contributed by atoms with Crippen LogP contribution in [-0.2, 0) is 0 Å². The molecular formula is C136H240N2O4. The Labute approximate surface area is 886 Å². The summed E-state index contributed by atoms with van der Waals surface area (Å²) in [5.41, 5.74) is 4.66. The van der Waals surface area contributed by atoms with Gasteiger partial charge in [-0.15, -0.1) is 0 Å². The van der Waals surface area contributed by atoms with E-state index >= 15 is 0 Å². The largest absolute Gasteiger partial charge is 0.493 e. The van der Waals surface area contributed by atoms with E-state index in [9.17, 15) is 10.5 Å². The van der Waals surface area contributed by atoms with Gasteiger partial charge < -0.3 is 18.9 Å². The number of unbranched alkanes of at least 4 members (excludes halogenated alkanes) is 80. The lowest BCUT2D eigenvalue weighted by Crippen LogP contribution is -2.14. The van der Waals surface area contributed by atoms with Crippen molar-refractivity contribution in [2.24, 2.45) is 23.7 Å². The molecule has 4 atom stereocenters. The van der Waals surface area contributed by atoms with Crippen molar-refractivity contribution in [3.8, 4) is 35.1 Å². The van der Waals surface area contributed by atoms with Crippen LogP contribution in [0.1, 0.15) is 694 Å². The summed E-state index contributed by atoms with van der Waals surface area (Å²) in [6.07, 6.45) is 134. The average molecular weight is 1970 g/mol. The molecule has 0 fully saturated rings. The van der Waals surface area contributed by atoms with Crippen molar-refractivity contribution in [3.05, 3.63) is 82.9 Å². The second-order valence-electron chi connectivity index (χ2n) is 45.7. The van der Waals surface area contributed by atoms with Gasteiger partial charge in [0.2, 0.25) is 0 Å². The molecule has 3 aromatic carbocycles. The number of allylic oxidation sites excluding steroid dienone is 2. The zero-order chi connectivity index (χ0) is 102. The van der Waals surface area contributed by atoms with Crippen molar-refractivity contribution in [1.29, 1.82) is 10.5 Å². The molecule has 4 unspecified atom stereocenters. The molecule has 0 aliphatic rings. The molecule has 0 aliphatic carbocycles. The highest BCUT2D eigenvalue weighted by atomic mass is 16.5. The van der Waals surface area contributed by atoms with Crippen LogP contribution < -0.4 is 18.9 Å². The number of hydrogen-bond acceptors (Lipinski definition) is 6. The van der Waals surface area contributed by atoms with E-state index < -0.39 is 0 Å². The Balaban J connectivity index is 2.14. The summed E-state index contributed by atoms with van der Waals surface area (Å²) in [4.78, 5) is 0. The SMILES string of the molecule is CCCCCCCCCCCCCCC(CCCCCCCCCCCC)COc1cc(/C=C(\C#N)c2ccc(/C(C#N)=C/c3cc(OCC(CCCCCCCCCCCC)CCCCCCCCCCCCCC)cc(OCC(CCCCCCCCCCCC)CCCCCCCCCCCCCC)c3)cc2)cc(OCC(CCCCCCCCCCCC)CCCCCCCCCCCCCC)c1. The summed E-state index contributed by atoms with van der Waals surface area (Å²) in [7, 11) is 0. The van der Waals surface area contributed by atoms with Crippen LogP contribution in [0.3, 0.4) is 0 Å². The number of hydrogen-bond donors (Lipinski definition) is 0. The summed E-state index contributed by atoms with van der Waals surface area (Å²) in [6.45, 7) is 21.4. The fourth-order valence-corrected chi connectivity index (χ4v) is 22.1. The summed E-state index contributed by atoms with van der Waals surface area (Å²) in [5, 5.41) is 22.7. The highest BCUT2D eigenvalue weighted by Crippen LogP contribution is 2.36. The Morgan fingerprint density at radius 1 is 0.183 bits per heavy atom. The van der Waals surface area contributed by atoms with E-state index in [0.717, 1.165) is 45.3 Å². The van der Waals surface area contributed by atoms with E-state index in [0.29, 0.717) is 61.2 Å². The molecule has 0 aliphatic heterocycles. The first-order valence-electron chi connectivity index (χ1n) is 64.4. The van der Waals surface area contributed by atoms with Crippen molar-refractivity contribution in [2.75, 3.05) is 26.4 Å². The minimum Gasteiger partial charge on any atom is -0.493 e. The fourth-order valence-electron chi connectivity index (χ4n) is 22.1. The molecule has 6 nitrogen and oxygen atoms in total. The first kappa shape index (κ1) is 131. The van der Waals surface area contributed by atoms with Gasteiger partial charge in [-0.3, -0.25) is 0 Å². The standard InChI is InChI=1S/C136H240N2O4/c1-9-17-25-33-41-49-57-61-69-77-85-93-101-123(97-89-81-73-65-53-45-37-29-21-13-5)119-139-133-111-127(112-134(115-133)140-120-124(98-90-82-74-66-54-46-38-30-22-14-6)102-94-86-78-70-62-58-50-42-34-26-18-10-2)109-131(117-137)129-105-107-130(108-106-129)132(118-138)110-128-113-135(141-121-125(99-91-83-75-67-55-47-39-31-23-15-7)103-95-87-79-71-63-59-51-43-35-27-19-11-3)116-136(114-128)142-122-126(100-92-84-76-68-56-48-40-32-24-16-8)104-96-88-80-72-64-60-52-44-36-28-20-12-4/h105-116,123-126H,9-104,119-122H2,1-8H3/b131-109+,132-110+. The number of nitrogens with zero attached hydrogens (tertiary/aromatic N) is 2. The van der Waals surface area contributed by atoms with Gasteiger partial charge >= 0.3 is 0 Å². The smallest absolute Gasteiger partial charge is 0.123 e. The molecule has 0 N–H and O–H groups in total. The van der Waals surface area contributed by atoms with Crippen LogP contribution in [0.25, 0.3) is 23.3 Å². The zero-order valence-electron chi connectivity index (χ0n) is 96.5. The molecule has 818 valence electrons. The van der Waals surface area contributed by atoms with Crippen LogP contribution in [-0.4, -0.2) is 26.4 Å². The van der Waals surface area contributed by atoms with E-state index in [-0.39, 0.29) is 0 Å². The van der Waals surface area contributed by atoms with Crippen LogP contribution in [0.4, 0.5) is 0 Å². The van der Waals surface area contributed by atoms with E-state index in [2.05, 4.69) is 140 Å². The lowest BCUT2D eigenvalue weighted by Gasteiger charge is -2.20. The first-order chi connectivity index (χ1) is 70.3. The molecular weight excluding hydrogens is 1730 g/mol. The average Bonchev–Trinajstić information content (AvgIpc) is 0.824. The second kappa shape index (κ2) is 103. The first-order valence-corrected chi connectivity index (χ1v) is 64.4. The van der Waals surface area contributed by atoms with Crippen LogP contribution in [0.2, 0.25) is 0 Å². The molecule has 0 heterocycles. The number of ether oxygens (including phenoxy) is 4. The summed E-state index contributed by atoms with van der Waals surface area (Å²) < 4.78 is 28.6. The lowest BCUT2D eigenvalue weighted by molar-refractivity contribution is 0.214. The molecule has 0 radical (unpaired) electrons. The molecule has 0 amide bonds. The Bertz CT molecular complexity index is 2910. The van der Waals surface area contributed by atoms with Gasteiger partial charge in [0.1, 0.15) is 23.0 Å². The summed E-state index contributed by atoms with van der Waals surface area (Å²) in [6, 6.07) is 26.6. The summed E-state index contributed by atoms with van der Waals surface area (Å²) in [5.74, 6) is 5.36. The molecule has 142 heavy (non-hydrogen) atoms. The summed E-state index contributed by atoms with van der Waals surface area (Å²) >= 11 is 0. The lowest BCUT2D eigenvalue weighted by atomic mass is 9.94. The molecule has 0 saturated carbocycles. The third-order valence-electron chi connectivity index (χ3n) is 31.8. The van der Waals surface area contributed by atoms with Gasteiger partial charge in [-0.2, -0.15) is 10.5 Å². The highest BCUT2D eigenvalue weighted by molar-refractivity contribution is 5.93. The quantitative estimate of drug-likeness (QED) is 0.0318. The van der Waals surface area contributed by atoms with Crippen molar-refractivity contribution in [1.82, 2.24) is 0 Å². The van der Waals surface area contributed by atoms with Gasteiger partial charge in [0, 0.05) is 12.1 Å². The molecule has 6 heteroatoms. The van der Waals surface area contributed by atoms with Crippen LogP contribution in [0.15, 0.2) is 60.7 Å². The van der Waals surface area contributed by atoms with E-state index in [4.69, 9.17) is 18.9 Å². The molecule has 0 spiro atoms. The van der Waals surface area contributed by atoms with E-state index in [1.807, 2.05) is 0 Å². The highest BCUT2D eigenvalue weighted by Gasteiger charge is 2.20. The van der Waals surface area contributed by atoms with Crippen LogP contribution in [0, 0.1) is 46.3 Å². The van der Waals surface area contributed by atoms with Gasteiger partial charge in [-0.05, 0) is 134 Å². The predicted molar refractivity (Wildman–Crippen MR) is 631 cm³/mol. The third kappa shape index (κ3) is 81.3. The molecule has 0 saturated heterocycles. The zero-order valence-corrected chi connectivity index (χ0v) is 96.5. The normalized spacial score (nSPS) is 12.7. The maximum Gasteiger partial charge on any atom is 0.123 e. The van der Waals surface area contributed by atoms with E-state index in [1.165, 1.54) is 616 Å². The Hall–Kier alpha value is -4.68. The van der Waals surface area contributed by atoms with Gasteiger partial charge in [0.15, 0.2) is 0 Å². The molecule has 3 aromatic rings. The third-order valence-corrected chi connectivity index (χ3v) is 31.8. The van der Waals surface area contributed by atoms with Crippen molar-refractivity contribution in [2.45, 2.75) is 672 Å². The Kier molecular flexibility index (Phi) is 95.8. The van der Waals surface area contributed by atoms with Crippen molar-refractivity contribution >= 4 is 23.3 Å². The van der Waals surface area contributed by atoms with Gasteiger partial charge in [0.05, 0.1) is 49.7 Å². The molecule has 0 aromatic heterocycles.